The number of aliphatic hydroxyl groups is 2. The summed E-state index contributed by atoms with van der Waals surface area (Å²) < 4.78 is 5.72. The van der Waals surface area contributed by atoms with Crippen molar-refractivity contribution < 1.29 is 14.9 Å². The van der Waals surface area contributed by atoms with Gasteiger partial charge in [-0.2, -0.15) is 0 Å². The van der Waals surface area contributed by atoms with Gasteiger partial charge in [0.15, 0.2) is 5.82 Å². The lowest BCUT2D eigenvalue weighted by molar-refractivity contribution is 0.126. The van der Waals surface area contributed by atoms with Crippen molar-refractivity contribution in [1.82, 2.24) is 15.3 Å². The monoisotopic (exact) mass is 470 g/mol. The van der Waals surface area contributed by atoms with E-state index in [-0.39, 0.29) is 12.1 Å². The second kappa shape index (κ2) is 11.3. The average molecular weight is 471 g/mol. The number of hydrogen-bond acceptors (Lipinski definition) is 9. The molecule has 1 aliphatic heterocycles. The van der Waals surface area contributed by atoms with E-state index in [2.05, 4.69) is 27.0 Å². The highest BCUT2D eigenvalue weighted by molar-refractivity contribution is 5.64. The summed E-state index contributed by atoms with van der Waals surface area (Å²) in [6.07, 6.45) is 4.68. The quantitative estimate of drug-likeness (QED) is 0.322. The van der Waals surface area contributed by atoms with E-state index in [0.29, 0.717) is 29.7 Å². The second-order valence-electron chi connectivity index (χ2n) is 9.31. The maximum absolute atomic E-state index is 10.2. The molecule has 9 nitrogen and oxygen atoms in total. The summed E-state index contributed by atoms with van der Waals surface area (Å²) >= 11 is 0. The van der Waals surface area contributed by atoms with E-state index >= 15 is 0 Å². The maximum Gasteiger partial charge on any atom is 0.158 e. The van der Waals surface area contributed by atoms with Crippen LogP contribution in [0.1, 0.15) is 74.5 Å². The van der Waals surface area contributed by atoms with Gasteiger partial charge in [0.05, 0.1) is 18.9 Å². The summed E-state index contributed by atoms with van der Waals surface area (Å²) in [6.45, 7) is 4.03. The fourth-order valence-electron chi connectivity index (χ4n) is 4.95. The summed E-state index contributed by atoms with van der Waals surface area (Å²) in [4.78, 5) is 9.46. The molecule has 1 saturated carbocycles. The first-order valence-electron chi connectivity index (χ1n) is 12.4. The number of anilines is 3. The Morgan fingerprint density at radius 2 is 1.85 bits per heavy atom. The number of aryl methyl sites for hydroxylation is 1. The van der Waals surface area contributed by atoms with E-state index in [1.807, 2.05) is 19.1 Å². The molecule has 186 valence electrons. The minimum atomic E-state index is -1.25. The third kappa shape index (κ3) is 5.78. The van der Waals surface area contributed by atoms with Crippen LogP contribution in [0.3, 0.4) is 0 Å². The molecule has 2 aromatic rings. The van der Waals surface area contributed by atoms with Crippen molar-refractivity contribution in [2.75, 3.05) is 30.8 Å². The normalized spacial score (nSPS) is 22.3. The number of ether oxygens (including phenoxy) is 1. The molecule has 0 radical (unpaired) electrons. The third-order valence-electron chi connectivity index (χ3n) is 6.92. The molecule has 2 aliphatic rings. The zero-order chi connectivity index (χ0) is 24.1. The van der Waals surface area contributed by atoms with E-state index in [9.17, 15) is 10.2 Å². The first-order chi connectivity index (χ1) is 16.5. The van der Waals surface area contributed by atoms with E-state index in [0.717, 1.165) is 68.7 Å². The molecule has 34 heavy (non-hydrogen) atoms. The number of nitrogens with two attached hydrogens (primary N) is 1. The average Bonchev–Trinajstić information content (AvgIpc) is 2.86. The number of benzene rings is 1. The number of rotatable bonds is 8. The molecule has 9 heteroatoms. The second-order valence-corrected chi connectivity index (χ2v) is 9.31. The number of nitrogens with one attached hydrogen (secondary N) is 3. The molecule has 2 heterocycles. The molecule has 0 amide bonds. The molecule has 1 unspecified atom stereocenters. The van der Waals surface area contributed by atoms with Crippen molar-refractivity contribution >= 4 is 17.3 Å². The molecule has 4 rings (SSSR count). The smallest absolute Gasteiger partial charge is 0.158 e. The van der Waals surface area contributed by atoms with E-state index in [4.69, 9.17) is 15.5 Å². The molecular formula is C25H38N6O3. The van der Waals surface area contributed by atoms with Gasteiger partial charge >= 0.3 is 0 Å². The van der Waals surface area contributed by atoms with Crippen molar-refractivity contribution in [3.63, 3.8) is 0 Å². The Morgan fingerprint density at radius 3 is 2.50 bits per heavy atom. The predicted molar refractivity (Wildman–Crippen MR) is 134 cm³/mol. The van der Waals surface area contributed by atoms with Gasteiger partial charge in [-0.05, 0) is 75.6 Å². The summed E-state index contributed by atoms with van der Waals surface area (Å²) in [5.74, 6) is 2.42. The molecule has 1 aromatic carbocycles. The lowest BCUT2D eigenvalue weighted by Gasteiger charge is -2.28. The van der Waals surface area contributed by atoms with Gasteiger partial charge in [-0.15, -0.1) is 0 Å². The van der Waals surface area contributed by atoms with Gasteiger partial charge in [-0.25, -0.2) is 9.97 Å². The number of aliphatic hydroxyl groups excluding tert-OH is 2. The molecule has 0 spiro atoms. The standard InChI is InChI=1S/C25H38N6O3/c1-3-20-24(28-16-4-7-18(32)8-5-16)31-25(22(30-20)23(26)33)29-17-6-9-19(21(14-17)34-2)15-10-12-27-13-11-15/h6,9,14-16,18,23,27,32-33H,3-5,7-8,10-13,26H2,1-2H3,(H2,28,29,31). The largest absolute Gasteiger partial charge is 0.496 e. The van der Waals surface area contributed by atoms with Gasteiger partial charge < -0.3 is 36.6 Å². The van der Waals surface area contributed by atoms with Gasteiger partial charge in [-0.3, -0.25) is 0 Å². The van der Waals surface area contributed by atoms with Crippen LogP contribution in [-0.4, -0.2) is 52.5 Å². The van der Waals surface area contributed by atoms with Gasteiger partial charge in [-0.1, -0.05) is 13.0 Å². The topological polar surface area (TPSA) is 138 Å². The lowest BCUT2D eigenvalue weighted by atomic mass is 9.89. The maximum atomic E-state index is 10.2. The Morgan fingerprint density at radius 1 is 1.12 bits per heavy atom. The molecule has 0 bridgehead atoms. The van der Waals surface area contributed by atoms with E-state index in [1.165, 1.54) is 5.56 Å². The predicted octanol–water partition coefficient (Wildman–Crippen LogP) is 2.92. The number of hydrogen-bond donors (Lipinski definition) is 6. The summed E-state index contributed by atoms with van der Waals surface area (Å²) in [5, 5.41) is 30.3. The molecular weight excluding hydrogens is 432 g/mol. The highest BCUT2D eigenvalue weighted by Gasteiger charge is 2.24. The fourth-order valence-corrected chi connectivity index (χ4v) is 4.95. The Labute approximate surface area is 201 Å². The van der Waals surface area contributed by atoms with Crippen molar-refractivity contribution in [1.29, 1.82) is 0 Å². The molecule has 1 aromatic heterocycles. The van der Waals surface area contributed by atoms with Gasteiger partial charge in [0.2, 0.25) is 0 Å². The summed E-state index contributed by atoms with van der Waals surface area (Å²) in [6, 6.07) is 6.32. The Balaban J connectivity index is 1.60. The van der Waals surface area contributed by atoms with Crippen LogP contribution in [0, 0.1) is 0 Å². The molecule has 7 N–H and O–H groups in total. The van der Waals surface area contributed by atoms with Crippen LogP contribution in [0.5, 0.6) is 5.75 Å². The van der Waals surface area contributed by atoms with Crippen molar-refractivity contribution in [3.8, 4) is 5.75 Å². The zero-order valence-electron chi connectivity index (χ0n) is 20.2. The van der Waals surface area contributed by atoms with Crippen molar-refractivity contribution in [2.45, 2.75) is 76.2 Å². The van der Waals surface area contributed by atoms with Crippen LogP contribution in [0.4, 0.5) is 17.3 Å². The van der Waals surface area contributed by atoms with E-state index in [1.54, 1.807) is 7.11 Å². The van der Waals surface area contributed by atoms with Crippen LogP contribution >= 0.6 is 0 Å². The summed E-state index contributed by atoms with van der Waals surface area (Å²) in [5.41, 5.74) is 8.93. The Bertz CT molecular complexity index is 956. The third-order valence-corrected chi connectivity index (χ3v) is 6.92. The number of nitrogens with zero attached hydrogens (tertiary/aromatic N) is 2. The van der Waals surface area contributed by atoms with Crippen LogP contribution in [0.2, 0.25) is 0 Å². The highest BCUT2D eigenvalue weighted by Crippen LogP contribution is 2.36. The van der Waals surface area contributed by atoms with Gasteiger partial charge in [0, 0.05) is 17.8 Å². The number of aromatic nitrogens is 2. The molecule has 1 atom stereocenters. The Hall–Kier alpha value is -2.46. The first-order valence-corrected chi connectivity index (χ1v) is 12.4. The minimum Gasteiger partial charge on any atom is -0.496 e. The lowest BCUT2D eigenvalue weighted by Crippen LogP contribution is -2.29. The number of methoxy groups -OCH3 is 1. The van der Waals surface area contributed by atoms with Crippen LogP contribution < -0.4 is 26.4 Å². The Kier molecular flexibility index (Phi) is 8.20. The number of piperidine rings is 1. The van der Waals surface area contributed by atoms with E-state index < -0.39 is 6.23 Å². The minimum absolute atomic E-state index is 0.218. The van der Waals surface area contributed by atoms with Gasteiger partial charge in [0.1, 0.15) is 23.5 Å². The summed E-state index contributed by atoms with van der Waals surface area (Å²) in [7, 11) is 1.69. The highest BCUT2D eigenvalue weighted by atomic mass is 16.5. The van der Waals surface area contributed by atoms with Gasteiger partial charge in [0.25, 0.3) is 0 Å². The fraction of sp³-hybridized carbons (Fsp3) is 0.600. The molecule has 1 saturated heterocycles. The first kappa shape index (κ1) is 24.7. The van der Waals surface area contributed by atoms with Crippen molar-refractivity contribution in [3.05, 3.63) is 35.2 Å². The van der Waals surface area contributed by atoms with Crippen LogP contribution in [0.15, 0.2) is 18.2 Å². The molecule has 1 aliphatic carbocycles. The zero-order valence-corrected chi connectivity index (χ0v) is 20.2. The molecule has 2 fully saturated rings. The van der Waals surface area contributed by atoms with Crippen LogP contribution in [0.25, 0.3) is 0 Å². The SMILES string of the molecule is CCc1nc(C(N)O)c(Nc2ccc(C3CCNCC3)c(OC)c2)nc1NC1CCC(O)CC1. The van der Waals surface area contributed by atoms with Crippen LogP contribution in [-0.2, 0) is 6.42 Å². The van der Waals surface area contributed by atoms with Crippen molar-refractivity contribution in [2.24, 2.45) is 5.73 Å².